The van der Waals surface area contributed by atoms with Crippen LogP contribution >= 0.6 is 0 Å². The van der Waals surface area contributed by atoms with E-state index in [0.717, 1.165) is 10.5 Å². The van der Waals surface area contributed by atoms with Crippen molar-refractivity contribution >= 4 is 40.7 Å². The van der Waals surface area contributed by atoms with Gasteiger partial charge in [-0.05, 0) is 24.1 Å². The Morgan fingerprint density at radius 1 is 1.02 bits per heavy atom. The van der Waals surface area contributed by atoms with Crippen LogP contribution in [0.1, 0.15) is 29.3 Å². The number of phenols is 1. The van der Waals surface area contributed by atoms with Gasteiger partial charge in [-0.2, -0.15) is 0 Å². The van der Waals surface area contributed by atoms with E-state index >= 15 is 0 Å². The Morgan fingerprint density at radius 2 is 1.73 bits per heavy atom. The lowest BCUT2D eigenvalue weighted by Crippen LogP contribution is -2.60. The largest absolute Gasteiger partial charge is 0.505 e. The summed E-state index contributed by atoms with van der Waals surface area (Å²) in [6, 6.07) is 11.9. The van der Waals surface area contributed by atoms with E-state index in [-0.39, 0.29) is 48.3 Å². The molecule has 216 valence electrons. The number of carboxylic acids is 1. The summed E-state index contributed by atoms with van der Waals surface area (Å²) < 4.78 is 0. The van der Waals surface area contributed by atoms with E-state index in [0.29, 0.717) is 12.1 Å². The van der Waals surface area contributed by atoms with Gasteiger partial charge in [0.15, 0.2) is 11.4 Å². The van der Waals surface area contributed by atoms with Gasteiger partial charge in [0.25, 0.3) is 5.91 Å². The Labute approximate surface area is 236 Å². The number of carbonyl (C=O) groups excluding carboxylic acids is 2. The molecule has 2 aromatic carbocycles. The number of aromatic hydroxyl groups is 3. The predicted molar refractivity (Wildman–Crippen MR) is 152 cm³/mol. The summed E-state index contributed by atoms with van der Waals surface area (Å²) in [4.78, 5) is 48.6. The highest BCUT2D eigenvalue weighted by molar-refractivity contribution is 6.04. The molecule has 1 fully saturated rings. The molecule has 1 aromatic heterocycles. The second kappa shape index (κ2) is 11.9. The molecule has 0 bridgehead atoms. The first-order chi connectivity index (χ1) is 19.5. The highest BCUT2D eigenvalue weighted by Crippen LogP contribution is 2.45. The highest BCUT2D eigenvalue weighted by atomic mass is 16.4. The van der Waals surface area contributed by atoms with Crippen LogP contribution in [0.25, 0.3) is 0 Å². The number of aromatic amines is 1. The van der Waals surface area contributed by atoms with Crippen LogP contribution in [0, 0.1) is 0 Å². The van der Waals surface area contributed by atoms with Crippen molar-refractivity contribution in [1.29, 1.82) is 0 Å². The van der Waals surface area contributed by atoms with E-state index in [1.165, 1.54) is 28.0 Å². The maximum absolute atomic E-state index is 13.5. The molecule has 13 nitrogen and oxygen atoms in total. The minimum absolute atomic E-state index is 0.00709. The van der Waals surface area contributed by atoms with E-state index in [9.17, 15) is 34.8 Å². The maximum Gasteiger partial charge on any atom is 0.328 e. The Balaban J connectivity index is 1.64. The van der Waals surface area contributed by atoms with Gasteiger partial charge < -0.3 is 40.4 Å². The van der Waals surface area contributed by atoms with Crippen LogP contribution in [0.5, 0.6) is 17.5 Å². The number of para-hydroxylation sites is 1. The Bertz CT molecular complexity index is 1480. The van der Waals surface area contributed by atoms with Gasteiger partial charge in [-0.3, -0.25) is 9.78 Å². The first-order valence-electron chi connectivity index (χ1n) is 12.9. The van der Waals surface area contributed by atoms with Crippen molar-refractivity contribution in [2.24, 2.45) is 4.99 Å². The summed E-state index contributed by atoms with van der Waals surface area (Å²) in [5, 5.41) is 44.7. The number of phenolic OH excluding ortho intramolecular Hbond substituents is 1. The summed E-state index contributed by atoms with van der Waals surface area (Å²) in [5.41, 5.74) is 1.22. The SMILES string of the molecule is CCC(=Nc1c(O)[nH]c(O)c1Nc1cccc(C(=O)N2CCN(C(=O)N(C)C)CC2C(=O)O)c1O)c1ccccc1. The smallest absolute Gasteiger partial charge is 0.328 e. The van der Waals surface area contributed by atoms with Gasteiger partial charge in [0, 0.05) is 32.9 Å². The van der Waals surface area contributed by atoms with Gasteiger partial charge in [0.05, 0.1) is 17.8 Å². The molecule has 41 heavy (non-hydrogen) atoms. The molecule has 13 heteroatoms. The summed E-state index contributed by atoms with van der Waals surface area (Å²) in [5.74, 6) is -3.39. The molecule has 0 radical (unpaired) electrons. The van der Waals surface area contributed by atoms with Gasteiger partial charge >= 0.3 is 12.0 Å². The molecular weight excluding hydrogens is 532 g/mol. The van der Waals surface area contributed by atoms with Crippen molar-refractivity contribution in [1.82, 2.24) is 19.7 Å². The van der Waals surface area contributed by atoms with Gasteiger partial charge in [-0.25, -0.2) is 14.6 Å². The van der Waals surface area contributed by atoms with Gasteiger partial charge in [0.2, 0.25) is 11.8 Å². The number of anilines is 2. The Morgan fingerprint density at radius 3 is 2.37 bits per heavy atom. The normalized spacial score (nSPS) is 15.5. The zero-order valence-corrected chi connectivity index (χ0v) is 22.8. The molecule has 4 rings (SSSR count). The number of benzene rings is 2. The van der Waals surface area contributed by atoms with Crippen molar-refractivity contribution in [2.75, 3.05) is 39.0 Å². The number of aliphatic carboxylic acids is 1. The average Bonchev–Trinajstić information content (AvgIpc) is 3.22. The average molecular weight is 565 g/mol. The van der Waals surface area contributed by atoms with Crippen molar-refractivity contribution < 1.29 is 34.8 Å². The number of nitrogens with zero attached hydrogens (tertiary/aromatic N) is 4. The zero-order valence-electron chi connectivity index (χ0n) is 22.8. The molecule has 2 heterocycles. The van der Waals surface area contributed by atoms with Crippen molar-refractivity contribution in [3.8, 4) is 17.5 Å². The number of aromatic nitrogens is 1. The third kappa shape index (κ3) is 5.88. The monoisotopic (exact) mass is 564 g/mol. The van der Waals surface area contributed by atoms with E-state index < -0.39 is 35.4 Å². The molecule has 0 saturated carbocycles. The Kier molecular flexibility index (Phi) is 8.36. The fraction of sp³-hybridized carbons (Fsp3) is 0.286. The molecule has 1 unspecified atom stereocenters. The lowest BCUT2D eigenvalue weighted by molar-refractivity contribution is -0.144. The summed E-state index contributed by atoms with van der Waals surface area (Å²) >= 11 is 0. The molecule has 1 saturated heterocycles. The van der Waals surface area contributed by atoms with Crippen molar-refractivity contribution in [3.05, 3.63) is 59.7 Å². The zero-order chi connectivity index (χ0) is 29.8. The number of carbonyl (C=O) groups is 3. The third-order valence-corrected chi connectivity index (χ3v) is 6.73. The lowest BCUT2D eigenvalue weighted by Gasteiger charge is -2.40. The van der Waals surface area contributed by atoms with Gasteiger partial charge in [-0.1, -0.05) is 43.3 Å². The molecular formula is C28H32N6O7. The first kappa shape index (κ1) is 28.8. The Hall–Kier alpha value is -5.20. The van der Waals surface area contributed by atoms with E-state index in [1.807, 2.05) is 37.3 Å². The number of amides is 3. The molecule has 3 aromatic rings. The van der Waals surface area contributed by atoms with Crippen LogP contribution in [0.3, 0.4) is 0 Å². The molecule has 3 amide bonds. The number of piperazine rings is 1. The summed E-state index contributed by atoms with van der Waals surface area (Å²) in [6.07, 6.45) is 0.516. The number of aliphatic imine (C=N–C) groups is 1. The predicted octanol–water partition coefficient (Wildman–Crippen LogP) is 3.30. The minimum atomic E-state index is -1.33. The number of hydrogen-bond donors (Lipinski definition) is 6. The van der Waals surface area contributed by atoms with Crippen LogP contribution in [-0.4, -0.2) is 104 Å². The molecule has 1 aliphatic heterocycles. The number of H-pyrrole nitrogens is 1. The standard InChI is InChI=1S/C28H32N6O7/c1-4-18(16-9-6-5-7-10-16)29-21-22(25(37)31-24(21)36)30-19-12-8-11-17(23(19)35)26(38)34-14-13-33(28(41)32(2)3)15-20(34)27(39)40/h5-12,20,30-31,35-37H,4,13-15H2,1-3H3,(H,39,40). The first-order valence-corrected chi connectivity index (χ1v) is 12.9. The van der Waals surface area contributed by atoms with Crippen LogP contribution < -0.4 is 5.32 Å². The molecule has 0 aliphatic carbocycles. The second-order valence-electron chi connectivity index (χ2n) is 9.63. The van der Waals surface area contributed by atoms with Crippen molar-refractivity contribution in [2.45, 2.75) is 19.4 Å². The quantitative estimate of drug-likeness (QED) is 0.187. The summed E-state index contributed by atoms with van der Waals surface area (Å²) in [6.45, 7) is 1.74. The van der Waals surface area contributed by atoms with E-state index in [1.54, 1.807) is 14.1 Å². The van der Waals surface area contributed by atoms with E-state index in [4.69, 9.17) is 0 Å². The van der Waals surface area contributed by atoms with Crippen LogP contribution in [0.2, 0.25) is 0 Å². The maximum atomic E-state index is 13.5. The van der Waals surface area contributed by atoms with Crippen LogP contribution in [0.15, 0.2) is 53.5 Å². The third-order valence-electron chi connectivity index (χ3n) is 6.73. The second-order valence-corrected chi connectivity index (χ2v) is 9.63. The molecule has 0 spiro atoms. The number of rotatable bonds is 7. The topological polar surface area (TPSA) is 182 Å². The van der Waals surface area contributed by atoms with Crippen molar-refractivity contribution in [3.63, 3.8) is 0 Å². The van der Waals surface area contributed by atoms with Crippen LogP contribution in [-0.2, 0) is 4.79 Å². The van der Waals surface area contributed by atoms with Gasteiger partial charge in [-0.15, -0.1) is 0 Å². The molecule has 1 atom stereocenters. The minimum Gasteiger partial charge on any atom is -0.505 e. The lowest BCUT2D eigenvalue weighted by atomic mass is 10.1. The number of hydrogen-bond acceptors (Lipinski definition) is 8. The fourth-order valence-corrected chi connectivity index (χ4v) is 4.61. The van der Waals surface area contributed by atoms with Gasteiger partial charge in [0.1, 0.15) is 11.7 Å². The number of urea groups is 1. The molecule has 1 aliphatic rings. The summed E-state index contributed by atoms with van der Waals surface area (Å²) in [7, 11) is 3.10. The number of nitrogens with one attached hydrogen (secondary N) is 2. The fourth-order valence-electron chi connectivity index (χ4n) is 4.61. The van der Waals surface area contributed by atoms with Crippen LogP contribution in [0.4, 0.5) is 21.9 Å². The number of carboxylic acid groups (broad SMARTS) is 1. The molecule has 6 N–H and O–H groups in total. The highest BCUT2D eigenvalue weighted by Gasteiger charge is 2.38. The van der Waals surface area contributed by atoms with E-state index in [2.05, 4.69) is 15.3 Å².